The fourth-order valence-electron chi connectivity index (χ4n) is 3.15. The van der Waals surface area contributed by atoms with Crippen LogP contribution in [0.3, 0.4) is 0 Å². The second-order valence-electron chi connectivity index (χ2n) is 6.80. The molecular formula is C23H26FN5O2. The molecule has 0 saturated carbocycles. The highest BCUT2D eigenvalue weighted by atomic mass is 19.1. The molecule has 31 heavy (non-hydrogen) atoms. The third-order valence-electron chi connectivity index (χ3n) is 4.69. The highest BCUT2D eigenvalue weighted by Gasteiger charge is 2.18. The molecule has 0 radical (unpaired) electrons. The topological polar surface area (TPSA) is 92.2 Å². The third kappa shape index (κ3) is 4.91. The van der Waals surface area contributed by atoms with Crippen LogP contribution in [0.5, 0.6) is 11.5 Å². The van der Waals surface area contributed by atoms with E-state index in [0.717, 1.165) is 12.1 Å². The van der Waals surface area contributed by atoms with Gasteiger partial charge in [0, 0.05) is 24.4 Å². The number of anilines is 3. The number of halogens is 1. The zero-order chi connectivity index (χ0) is 22.4. The smallest absolute Gasteiger partial charge is 0.162 e. The van der Waals surface area contributed by atoms with Crippen LogP contribution in [-0.4, -0.2) is 36.9 Å². The number of aromatic nitrogens is 2. The first-order chi connectivity index (χ1) is 15.0. The lowest BCUT2D eigenvalue weighted by Crippen LogP contribution is -2.12. The summed E-state index contributed by atoms with van der Waals surface area (Å²) in [5.41, 5.74) is 2.89. The SMILES string of the molecule is CCCC(=N)c1nc(-c2ccc(F)cc2)nc(Nc2ccc(OC)c(OC)c2)c1NC. The van der Waals surface area contributed by atoms with Gasteiger partial charge < -0.3 is 25.5 Å². The van der Waals surface area contributed by atoms with E-state index in [1.54, 1.807) is 45.5 Å². The molecule has 2 aromatic carbocycles. The van der Waals surface area contributed by atoms with E-state index in [-0.39, 0.29) is 5.82 Å². The lowest BCUT2D eigenvalue weighted by molar-refractivity contribution is 0.355. The Morgan fingerprint density at radius 1 is 1.03 bits per heavy atom. The van der Waals surface area contributed by atoms with Crippen LogP contribution in [0.15, 0.2) is 42.5 Å². The molecular weight excluding hydrogens is 397 g/mol. The van der Waals surface area contributed by atoms with Gasteiger partial charge in [-0.05, 0) is 42.8 Å². The molecule has 0 spiro atoms. The Balaban J connectivity index is 2.12. The molecule has 0 amide bonds. The van der Waals surface area contributed by atoms with E-state index < -0.39 is 0 Å². The highest BCUT2D eigenvalue weighted by Crippen LogP contribution is 2.34. The zero-order valence-corrected chi connectivity index (χ0v) is 18.0. The van der Waals surface area contributed by atoms with Crippen LogP contribution in [0.4, 0.5) is 21.6 Å². The lowest BCUT2D eigenvalue weighted by Gasteiger charge is -2.17. The van der Waals surface area contributed by atoms with Gasteiger partial charge >= 0.3 is 0 Å². The van der Waals surface area contributed by atoms with Gasteiger partial charge in [-0.1, -0.05) is 13.3 Å². The van der Waals surface area contributed by atoms with Crippen molar-refractivity contribution < 1.29 is 13.9 Å². The van der Waals surface area contributed by atoms with Gasteiger partial charge in [-0.3, -0.25) is 0 Å². The zero-order valence-electron chi connectivity index (χ0n) is 18.0. The van der Waals surface area contributed by atoms with Crippen LogP contribution in [0.25, 0.3) is 11.4 Å². The van der Waals surface area contributed by atoms with Gasteiger partial charge in [0.15, 0.2) is 23.1 Å². The van der Waals surface area contributed by atoms with Crippen molar-refractivity contribution in [2.45, 2.75) is 19.8 Å². The van der Waals surface area contributed by atoms with E-state index >= 15 is 0 Å². The van der Waals surface area contributed by atoms with Gasteiger partial charge in [0.2, 0.25) is 0 Å². The van der Waals surface area contributed by atoms with Crippen LogP contribution in [0.1, 0.15) is 25.5 Å². The maximum atomic E-state index is 13.4. The molecule has 3 rings (SSSR count). The Bertz CT molecular complexity index is 1070. The molecule has 0 atom stereocenters. The lowest BCUT2D eigenvalue weighted by atomic mass is 10.1. The number of nitrogens with zero attached hydrogens (tertiary/aromatic N) is 2. The van der Waals surface area contributed by atoms with Crippen molar-refractivity contribution in [3.8, 4) is 22.9 Å². The third-order valence-corrected chi connectivity index (χ3v) is 4.69. The van der Waals surface area contributed by atoms with Gasteiger partial charge in [-0.25, -0.2) is 14.4 Å². The summed E-state index contributed by atoms with van der Waals surface area (Å²) in [6.45, 7) is 2.01. The van der Waals surface area contributed by atoms with E-state index in [0.29, 0.717) is 52.2 Å². The average molecular weight is 423 g/mol. The van der Waals surface area contributed by atoms with Gasteiger partial charge in [0.1, 0.15) is 17.2 Å². The monoisotopic (exact) mass is 423 g/mol. The number of benzene rings is 2. The van der Waals surface area contributed by atoms with Gasteiger partial charge in [0.25, 0.3) is 0 Å². The second-order valence-corrected chi connectivity index (χ2v) is 6.80. The summed E-state index contributed by atoms with van der Waals surface area (Å²) in [6, 6.07) is 11.4. The van der Waals surface area contributed by atoms with E-state index in [2.05, 4.69) is 20.6 Å². The average Bonchev–Trinajstić information content (AvgIpc) is 2.79. The molecule has 0 unspecified atom stereocenters. The fourth-order valence-corrected chi connectivity index (χ4v) is 3.15. The summed E-state index contributed by atoms with van der Waals surface area (Å²) < 4.78 is 24.1. The van der Waals surface area contributed by atoms with Gasteiger partial charge in [-0.15, -0.1) is 0 Å². The van der Waals surface area contributed by atoms with Crippen molar-refractivity contribution in [1.82, 2.24) is 9.97 Å². The fraction of sp³-hybridized carbons (Fsp3) is 0.261. The molecule has 1 heterocycles. The number of hydrogen-bond donors (Lipinski definition) is 3. The molecule has 0 bridgehead atoms. The van der Waals surface area contributed by atoms with Crippen LogP contribution < -0.4 is 20.1 Å². The predicted octanol–water partition coefficient (Wildman–Crippen LogP) is 5.25. The van der Waals surface area contributed by atoms with E-state index in [1.165, 1.54) is 12.1 Å². The van der Waals surface area contributed by atoms with E-state index in [4.69, 9.17) is 14.9 Å². The summed E-state index contributed by atoms with van der Waals surface area (Å²) in [4.78, 5) is 9.28. The van der Waals surface area contributed by atoms with Crippen molar-refractivity contribution in [1.29, 1.82) is 5.41 Å². The molecule has 3 aromatic rings. The number of methoxy groups -OCH3 is 2. The Morgan fingerprint density at radius 3 is 2.35 bits per heavy atom. The number of hydrogen-bond acceptors (Lipinski definition) is 7. The number of nitrogens with one attached hydrogen (secondary N) is 3. The first-order valence-electron chi connectivity index (χ1n) is 9.93. The summed E-state index contributed by atoms with van der Waals surface area (Å²) in [5.74, 6) is 1.75. The number of rotatable bonds is 9. The summed E-state index contributed by atoms with van der Waals surface area (Å²) in [7, 11) is 4.91. The quantitative estimate of drug-likeness (QED) is 0.407. The van der Waals surface area contributed by atoms with E-state index in [9.17, 15) is 4.39 Å². The molecule has 8 heteroatoms. The Labute approximate surface area is 181 Å². The van der Waals surface area contributed by atoms with Crippen molar-refractivity contribution in [3.05, 3.63) is 54.0 Å². The molecule has 7 nitrogen and oxygen atoms in total. The van der Waals surface area contributed by atoms with Crippen LogP contribution in [0, 0.1) is 11.2 Å². The molecule has 3 N–H and O–H groups in total. The largest absolute Gasteiger partial charge is 0.493 e. The Morgan fingerprint density at radius 2 is 1.74 bits per heavy atom. The molecule has 0 aliphatic carbocycles. The van der Waals surface area contributed by atoms with Crippen LogP contribution >= 0.6 is 0 Å². The summed E-state index contributed by atoms with van der Waals surface area (Å²) >= 11 is 0. The molecule has 0 fully saturated rings. The minimum Gasteiger partial charge on any atom is -0.493 e. The van der Waals surface area contributed by atoms with Crippen LogP contribution in [0.2, 0.25) is 0 Å². The van der Waals surface area contributed by atoms with Gasteiger partial charge in [0.05, 0.1) is 19.9 Å². The Hall–Kier alpha value is -3.68. The maximum Gasteiger partial charge on any atom is 0.162 e. The van der Waals surface area contributed by atoms with Crippen molar-refractivity contribution >= 4 is 22.9 Å². The first-order valence-corrected chi connectivity index (χ1v) is 9.93. The van der Waals surface area contributed by atoms with Crippen molar-refractivity contribution in [2.24, 2.45) is 0 Å². The van der Waals surface area contributed by atoms with Crippen LogP contribution in [-0.2, 0) is 0 Å². The van der Waals surface area contributed by atoms with Crippen molar-refractivity contribution in [3.63, 3.8) is 0 Å². The predicted molar refractivity (Wildman–Crippen MR) is 122 cm³/mol. The Kier molecular flexibility index (Phi) is 7.02. The minimum absolute atomic E-state index is 0.335. The van der Waals surface area contributed by atoms with Crippen molar-refractivity contribution in [2.75, 3.05) is 31.9 Å². The standard InChI is InChI=1S/C23H26FN5O2/c1-5-6-17(25)20-21(26-2)23(27-16-11-12-18(30-3)19(13-16)31-4)29-22(28-20)14-7-9-15(24)10-8-14/h7-13,25-26H,5-6H2,1-4H3,(H,27,28,29). The maximum absolute atomic E-state index is 13.4. The number of ether oxygens (including phenoxy) is 2. The summed E-state index contributed by atoms with van der Waals surface area (Å²) in [6.07, 6.45) is 1.39. The minimum atomic E-state index is -0.335. The normalized spacial score (nSPS) is 10.5. The molecule has 0 aliphatic rings. The molecule has 162 valence electrons. The second kappa shape index (κ2) is 9.88. The van der Waals surface area contributed by atoms with E-state index in [1.807, 2.05) is 13.0 Å². The summed E-state index contributed by atoms with van der Waals surface area (Å²) in [5, 5.41) is 14.9. The molecule has 1 aromatic heterocycles. The molecule has 0 aliphatic heterocycles. The highest BCUT2D eigenvalue weighted by molar-refractivity contribution is 6.03. The van der Waals surface area contributed by atoms with Gasteiger partial charge in [-0.2, -0.15) is 0 Å². The molecule has 0 saturated heterocycles. The first kappa shape index (κ1) is 22.0.